The number of aliphatic hydroxyl groups is 1. The lowest BCUT2D eigenvalue weighted by molar-refractivity contribution is -0.121. The van der Waals surface area contributed by atoms with Crippen LogP contribution in [-0.2, 0) is 4.79 Å². The zero-order valence-electron chi connectivity index (χ0n) is 8.70. The largest absolute Gasteiger partial charge is 0.396 e. The predicted octanol–water partition coefficient (Wildman–Crippen LogP) is -0.481. The van der Waals surface area contributed by atoms with E-state index in [0.717, 1.165) is 12.8 Å². The van der Waals surface area contributed by atoms with Crippen molar-refractivity contribution in [3.05, 3.63) is 0 Å². The van der Waals surface area contributed by atoms with Gasteiger partial charge < -0.3 is 15.7 Å². The van der Waals surface area contributed by atoms with E-state index in [1.165, 1.54) is 0 Å². The van der Waals surface area contributed by atoms with Crippen molar-refractivity contribution in [1.82, 2.24) is 10.6 Å². The highest BCUT2D eigenvalue weighted by molar-refractivity contribution is 5.77. The normalized spacial score (nSPS) is 16.8. The summed E-state index contributed by atoms with van der Waals surface area (Å²) in [7, 11) is 0. The van der Waals surface area contributed by atoms with E-state index in [1.54, 1.807) is 0 Å². The van der Waals surface area contributed by atoms with Gasteiger partial charge in [-0.15, -0.1) is 0 Å². The fourth-order valence-corrected chi connectivity index (χ4v) is 1.22. The van der Waals surface area contributed by atoms with Crippen molar-refractivity contribution in [2.75, 3.05) is 13.2 Å². The first-order valence-corrected chi connectivity index (χ1v) is 5.29. The van der Waals surface area contributed by atoms with Gasteiger partial charge in [0.1, 0.15) is 6.04 Å². The maximum absolute atomic E-state index is 11.3. The van der Waals surface area contributed by atoms with Crippen molar-refractivity contribution in [3.63, 3.8) is 0 Å². The highest BCUT2D eigenvalue weighted by Crippen LogP contribution is 2.18. The van der Waals surface area contributed by atoms with E-state index in [2.05, 4.69) is 10.6 Å². The minimum Gasteiger partial charge on any atom is -0.396 e. The van der Waals surface area contributed by atoms with Gasteiger partial charge in [0.2, 0.25) is 5.91 Å². The smallest absolute Gasteiger partial charge is 0.222 e. The van der Waals surface area contributed by atoms with Crippen molar-refractivity contribution >= 4 is 5.91 Å². The first kappa shape index (κ1) is 12.0. The minimum absolute atomic E-state index is 0.0689. The predicted molar refractivity (Wildman–Crippen MR) is 54.9 cm³/mol. The summed E-state index contributed by atoms with van der Waals surface area (Å²) in [6.07, 6.45) is 2.91. The van der Waals surface area contributed by atoms with E-state index >= 15 is 0 Å². The molecular weight excluding hydrogens is 194 g/mol. The number of hydrogen-bond donors (Lipinski definition) is 3. The second kappa shape index (κ2) is 6.38. The molecule has 3 N–H and O–H groups in total. The number of carbonyl (C=O) groups is 1. The summed E-state index contributed by atoms with van der Waals surface area (Å²) in [4.78, 5) is 11.3. The zero-order chi connectivity index (χ0) is 11.1. The molecule has 0 bridgehead atoms. The van der Waals surface area contributed by atoms with Gasteiger partial charge in [0.15, 0.2) is 0 Å². The molecule has 1 amide bonds. The maximum atomic E-state index is 11.3. The van der Waals surface area contributed by atoms with Gasteiger partial charge in [0.25, 0.3) is 0 Å². The monoisotopic (exact) mass is 211 g/mol. The molecule has 5 heteroatoms. The quantitative estimate of drug-likeness (QED) is 0.496. The Labute approximate surface area is 89.5 Å². The van der Waals surface area contributed by atoms with Crippen LogP contribution in [0.15, 0.2) is 0 Å². The molecule has 0 radical (unpaired) electrons. The van der Waals surface area contributed by atoms with Gasteiger partial charge in [-0.05, 0) is 25.8 Å². The number of nitrogens with zero attached hydrogens (tertiary/aromatic N) is 1. The van der Waals surface area contributed by atoms with Crippen molar-refractivity contribution in [2.24, 2.45) is 0 Å². The number of rotatable bonds is 7. The highest BCUT2D eigenvalue weighted by atomic mass is 16.3. The number of nitriles is 1. The Bertz CT molecular complexity index is 246. The Morgan fingerprint density at radius 2 is 2.33 bits per heavy atom. The molecule has 1 rings (SSSR count). The highest BCUT2D eigenvalue weighted by Gasteiger charge is 2.24. The standard InChI is InChI=1S/C10H17N3O2/c11-7-9(12-4-1-5-14)6-10(15)13-8-2-3-8/h8-9,12,14H,1-6H2,(H,13,15). The Balaban J connectivity index is 2.14. The van der Waals surface area contributed by atoms with Gasteiger partial charge in [-0.2, -0.15) is 5.26 Å². The summed E-state index contributed by atoms with van der Waals surface area (Å²) in [5.41, 5.74) is 0. The van der Waals surface area contributed by atoms with Crippen LogP contribution >= 0.6 is 0 Å². The molecule has 84 valence electrons. The van der Waals surface area contributed by atoms with Crippen molar-refractivity contribution in [1.29, 1.82) is 5.26 Å². The summed E-state index contributed by atoms with van der Waals surface area (Å²) in [5, 5.41) is 23.1. The molecule has 0 spiro atoms. The fourth-order valence-electron chi connectivity index (χ4n) is 1.22. The van der Waals surface area contributed by atoms with Crippen LogP contribution in [0.25, 0.3) is 0 Å². The Kier molecular flexibility index (Phi) is 5.08. The molecule has 1 aliphatic carbocycles. The van der Waals surface area contributed by atoms with Crippen LogP contribution in [0.3, 0.4) is 0 Å². The number of carbonyl (C=O) groups excluding carboxylic acids is 1. The third kappa shape index (κ3) is 5.35. The van der Waals surface area contributed by atoms with Crippen molar-refractivity contribution in [2.45, 2.75) is 37.8 Å². The molecule has 0 saturated heterocycles. The summed E-state index contributed by atoms with van der Waals surface area (Å²) in [5.74, 6) is -0.0689. The van der Waals surface area contributed by atoms with Crippen LogP contribution in [0.5, 0.6) is 0 Å². The maximum Gasteiger partial charge on any atom is 0.222 e. The van der Waals surface area contributed by atoms with E-state index in [1.807, 2.05) is 6.07 Å². The van der Waals surface area contributed by atoms with E-state index in [4.69, 9.17) is 10.4 Å². The first-order chi connectivity index (χ1) is 7.26. The average molecular weight is 211 g/mol. The van der Waals surface area contributed by atoms with Gasteiger partial charge >= 0.3 is 0 Å². The molecule has 1 unspecified atom stereocenters. The molecule has 1 atom stereocenters. The van der Waals surface area contributed by atoms with Gasteiger partial charge in [-0.3, -0.25) is 4.79 Å². The first-order valence-electron chi connectivity index (χ1n) is 5.29. The molecule has 1 saturated carbocycles. The second-order valence-corrected chi connectivity index (χ2v) is 3.76. The molecular formula is C10H17N3O2. The van der Waals surface area contributed by atoms with E-state index in [0.29, 0.717) is 19.0 Å². The van der Waals surface area contributed by atoms with Crippen LogP contribution in [0.4, 0.5) is 0 Å². The lowest BCUT2D eigenvalue weighted by Crippen LogP contribution is -2.36. The van der Waals surface area contributed by atoms with Crippen LogP contribution < -0.4 is 10.6 Å². The molecule has 0 aromatic carbocycles. The van der Waals surface area contributed by atoms with Crippen LogP contribution in [0, 0.1) is 11.3 Å². The summed E-state index contributed by atoms with van der Waals surface area (Å²) in [6, 6.07) is 1.93. The summed E-state index contributed by atoms with van der Waals surface area (Å²) in [6.45, 7) is 0.658. The van der Waals surface area contributed by atoms with Crippen molar-refractivity contribution in [3.8, 4) is 6.07 Å². The third-order valence-electron chi connectivity index (χ3n) is 2.21. The molecule has 0 heterocycles. The molecule has 5 nitrogen and oxygen atoms in total. The molecule has 0 aromatic rings. The van der Waals surface area contributed by atoms with Crippen LogP contribution in [0.2, 0.25) is 0 Å². The van der Waals surface area contributed by atoms with Gasteiger partial charge in [-0.1, -0.05) is 0 Å². The van der Waals surface area contributed by atoms with E-state index in [9.17, 15) is 4.79 Å². The Morgan fingerprint density at radius 3 is 2.87 bits per heavy atom. The number of amides is 1. The van der Waals surface area contributed by atoms with Gasteiger partial charge in [0.05, 0.1) is 12.5 Å². The van der Waals surface area contributed by atoms with Gasteiger partial charge in [-0.25, -0.2) is 0 Å². The SMILES string of the molecule is N#CC(CC(=O)NC1CC1)NCCCO. The third-order valence-corrected chi connectivity index (χ3v) is 2.21. The van der Waals surface area contributed by atoms with E-state index in [-0.39, 0.29) is 18.9 Å². The second-order valence-electron chi connectivity index (χ2n) is 3.76. The van der Waals surface area contributed by atoms with Crippen LogP contribution in [-0.4, -0.2) is 36.2 Å². The van der Waals surface area contributed by atoms with Crippen molar-refractivity contribution < 1.29 is 9.90 Å². The molecule has 0 aliphatic heterocycles. The Morgan fingerprint density at radius 1 is 1.60 bits per heavy atom. The Hall–Kier alpha value is -1.12. The number of hydrogen-bond acceptors (Lipinski definition) is 4. The topological polar surface area (TPSA) is 85.2 Å². The summed E-state index contributed by atoms with van der Waals surface area (Å²) >= 11 is 0. The summed E-state index contributed by atoms with van der Waals surface area (Å²) < 4.78 is 0. The average Bonchev–Trinajstić information content (AvgIpc) is 3.00. The molecule has 15 heavy (non-hydrogen) atoms. The number of nitrogens with one attached hydrogen (secondary N) is 2. The zero-order valence-corrected chi connectivity index (χ0v) is 8.70. The molecule has 1 fully saturated rings. The molecule has 0 aromatic heterocycles. The number of aliphatic hydroxyl groups excluding tert-OH is 1. The van der Waals surface area contributed by atoms with E-state index < -0.39 is 6.04 Å². The lowest BCUT2D eigenvalue weighted by atomic mass is 10.2. The van der Waals surface area contributed by atoms with Gasteiger partial charge in [0, 0.05) is 12.6 Å². The van der Waals surface area contributed by atoms with Crippen LogP contribution in [0.1, 0.15) is 25.7 Å². The fraction of sp³-hybridized carbons (Fsp3) is 0.800. The minimum atomic E-state index is -0.449. The lowest BCUT2D eigenvalue weighted by Gasteiger charge is -2.10. The molecule has 1 aliphatic rings.